The van der Waals surface area contributed by atoms with Crippen molar-refractivity contribution in [2.24, 2.45) is 0 Å². The molecule has 0 bridgehead atoms. The predicted molar refractivity (Wildman–Crippen MR) is 124 cm³/mol. The van der Waals surface area contributed by atoms with E-state index in [9.17, 15) is 19.2 Å². The van der Waals surface area contributed by atoms with Gasteiger partial charge >= 0.3 is 5.97 Å². The molecule has 8 nitrogen and oxygen atoms in total. The summed E-state index contributed by atoms with van der Waals surface area (Å²) in [5.41, 5.74) is 3.20. The lowest BCUT2D eigenvalue weighted by molar-refractivity contribution is -0.116. The molecule has 3 aromatic rings. The second kappa shape index (κ2) is 8.47. The van der Waals surface area contributed by atoms with E-state index in [0.29, 0.717) is 28.1 Å². The SMILES string of the molecule is COC(=O)c1ccc(NC(=O)CCN2C(=O)c3ccccc3N3C(=O)c4ccccc4C23)cc1. The largest absolute Gasteiger partial charge is 0.465 e. The minimum atomic E-state index is -0.599. The molecule has 5 rings (SSSR count). The number of hydrogen-bond donors (Lipinski definition) is 1. The van der Waals surface area contributed by atoms with Gasteiger partial charge in [0.15, 0.2) is 0 Å². The molecule has 34 heavy (non-hydrogen) atoms. The van der Waals surface area contributed by atoms with Crippen LogP contribution in [0.5, 0.6) is 0 Å². The van der Waals surface area contributed by atoms with Crippen LogP contribution < -0.4 is 10.2 Å². The fourth-order valence-corrected chi connectivity index (χ4v) is 4.45. The van der Waals surface area contributed by atoms with Crippen LogP contribution in [0.15, 0.2) is 72.8 Å². The zero-order valence-corrected chi connectivity index (χ0v) is 18.4. The van der Waals surface area contributed by atoms with Crippen LogP contribution in [-0.2, 0) is 9.53 Å². The van der Waals surface area contributed by atoms with E-state index >= 15 is 0 Å². The average Bonchev–Trinajstić information content (AvgIpc) is 3.16. The summed E-state index contributed by atoms with van der Waals surface area (Å²) in [6, 6.07) is 20.6. The molecule has 170 valence electrons. The molecule has 2 aliphatic heterocycles. The van der Waals surface area contributed by atoms with Crippen molar-refractivity contribution in [2.75, 3.05) is 23.9 Å². The minimum absolute atomic E-state index is 0.0351. The third kappa shape index (κ3) is 3.49. The van der Waals surface area contributed by atoms with Crippen molar-refractivity contribution in [3.63, 3.8) is 0 Å². The van der Waals surface area contributed by atoms with E-state index in [4.69, 9.17) is 0 Å². The van der Waals surface area contributed by atoms with Gasteiger partial charge in [-0.05, 0) is 42.5 Å². The highest BCUT2D eigenvalue weighted by molar-refractivity contribution is 6.16. The molecular formula is C26H21N3O5. The number of nitrogens with one attached hydrogen (secondary N) is 1. The number of methoxy groups -OCH3 is 1. The molecule has 2 heterocycles. The number of carbonyl (C=O) groups is 4. The van der Waals surface area contributed by atoms with E-state index < -0.39 is 12.1 Å². The molecule has 1 N–H and O–H groups in total. The number of para-hydroxylation sites is 1. The first-order valence-corrected chi connectivity index (χ1v) is 10.8. The van der Waals surface area contributed by atoms with Crippen LogP contribution in [0, 0.1) is 0 Å². The van der Waals surface area contributed by atoms with Gasteiger partial charge in [0.05, 0.1) is 23.9 Å². The molecule has 0 fully saturated rings. The Bertz CT molecular complexity index is 1320. The number of fused-ring (bicyclic) bond motifs is 5. The van der Waals surface area contributed by atoms with Crippen molar-refractivity contribution < 1.29 is 23.9 Å². The van der Waals surface area contributed by atoms with Gasteiger partial charge in [0.1, 0.15) is 6.17 Å². The summed E-state index contributed by atoms with van der Waals surface area (Å²) in [6.07, 6.45) is -0.564. The van der Waals surface area contributed by atoms with Crippen molar-refractivity contribution in [3.05, 3.63) is 95.1 Å². The third-order valence-electron chi connectivity index (χ3n) is 6.05. The van der Waals surface area contributed by atoms with Crippen molar-refractivity contribution in [1.82, 2.24) is 4.90 Å². The predicted octanol–water partition coefficient (Wildman–Crippen LogP) is 3.62. The van der Waals surface area contributed by atoms with Crippen molar-refractivity contribution in [1.29, 1.82) is 0 Å². The number of hydrogen-bond acceptors (Lipinski definition) is 5. The average molecular weight is 455 g/mol. The Balaban J connectivity index is 1.37. The van der Waals surface area contributed by atoms with Crippen molar-refractivity contribution >= 4 is 35.1 Å². The Labute approximate surface area is 195 Å². The summed E-state index contributed by atoms with van der Waals surface area (Å²) < 4.78 is 4.67. The lowest BCUT2D eigenvalue weighted by Gasteiger charge is -2.40. The lowest BCUT2D eigenvalue weighted by atomic mass is 10.0. The number of amides is 3. The first-order chi connectivity index (χ1) is 16.5. The van der Waals surface area contributed by atoms with Gasteiger partial charge in [-0.25, -0.2) is 4.79 Å². The summed E-state index contributed by atoms with van der Waals surface area (Å²) in [5.74, 6) is -1.14. The molecule has 3 aromatic carbocycles. The number of ether oxygens (including phenoxy) is 1. The van der Waals surface area contributed by atoms with Crippen molar-refractivity contribution in [3.8, 4) is 0 Å². The fraction of sp³-hybridized carbons (Fsp3) is 0.154. The van der Waals surface area contributed by atoms with Gasteiger partial charge in [-0.15, -0.1) is 0 Å². The minimum Gasteiger partial charge on any atom is -0.465 e. The number of anilines is 2. The first-order valence-electron chi connectivity index (χ1n) is 10.8. The molecule has 3 amide bonds. The number of carbonyl (C=O) groups excluding carboxylic acids is 4. The number of rotatable bonds is 5. The van der Waals surface area contributed by atoms with E-state index in [2.05, 4.69) is 10.1 Å². The number of nitrogens with zero attached hydrogens (tertiary/aromatic N) is 2. The van der Waals surface area contributed by atoms with Gasteiger partial charge < -0.3 is 15.0 Å². The van der Waals surface area contributed by atoms with Gasteiger partial charge in [0, 0.05) is 29.8 Å². The van der Waals surface area contributed by atoms with Gasteiger partial charge in [-0.2, -0.15) is 0 Å². The molecule has 0 aliphatic carbocycles. The zero-order valence-electron chi connectivity index (χ0n) is 18.4. The summed E-state index contributed by atoms with van der Waals surface area (Å²) >= 11 is 0. The van der Waals surface area contributed by atoms with Crippen LogP contribution in [0.1, 0.15) is 49.2 Å². The van der Waals surface area contributed by atoms with Crippen LogP contribution >= 0.6 is 0 Å². The fourth-order valence-electron chi connectivity index (χ4n) is 4.45. The monoisotopic (exact) mass is 455 g/mol. The Morgan fingerprint density at radius 2 is 1.56 bits per heavy atom. The van der Waals surface area contributed by atoms with Crippen LogP contribution in [0.2, 0.25) is 0 Å². The van der Waals surface area contributed by atoms with Gasteiger partial charge in [-0.1, -0.05) is 30.3 Å². The maximum Gasteiger partial charge on any atom is 0.337 e. The Hall–Kier alpha value is -4.46. The van der Waals surface area contributed by atoms with Gasteiger partial charge in [0.25, 0.3) is 11.8 Å². The zero-order chi connectivity index (χ0) is 23.8. The van der Waals surface area contributed by atoms with Crippen LogP contribution in [0.25, 0.3) is 0 Å². The quantitative estimate of drug-likeness (QED) is 0.593. The van der Waals surface area contributed by atoms with E-state index in [1.807, 2.05) is 12.1 Å². The topological polar surface area (TPSA) is 96.0 Å². The smallest absolute Gasteiger partial charge is 0.337 e. The summed E-state index contributed by atoms with van der Waals surface area (Å²) in [4.78, 5) is 54.0. The van der Waals surface area contributed by atoms with Crippen LogP contribution in [0.4, 0.5) is 11.4 Å². The molecule has 0 spiro atoms. The highest BCUT2D eigenvalue weighted by Gasteiger charge is 2.47. The molecule has 0 radical (unpaired) electrons. The maximum absolute atomic E-state index is 13.4. The molecule has 1 unspecified atom stereocenters. The van der Waals surface area contributed by atoms with Gasteiger partial charge in [-0.3, -0.25) is 19.3 Å². The van der Waals surface area contributed by atoms with Crippen molar-refractivity contribution in [2.45, 2.75) is 12.6 Å². The Morgan fingerprint density at radius 1 is 0.882 bits per heavy atom. The Kier molecular flexibility index (Phi) is 5.33. The van der Waals surface area contributed by atoms with E-state index in [0.717, 1.165) is 5.56 Å². The molecule has 2 aliphatic rings. The van der Waals surface area contributed by atoms with Gasteiger partial charge in [0.2, 0.25) is 5.91 Å². The highest BCUT2D eigenvalue weighted by Crippen LogP contribution is 2.45. The second-order valence-corrected chi connectivity index (χ2v) is 8.02. The first kappa shape index (κ1) is 21.4. The number of benzene rings is 3. The van der Waals surface area contributed by atoms with Crippen LogP contribution in [-0.4, -0.2) is 42.2 Å². The molecule has 0 saturated heterocycles. The normalized spacial score (nSPS) is 16.0. The van der Waals surface area contributed by atoms with E-state index in [1.54, 1.807) is 70.5 Å². The molecule has 0 aromatic heterocycles. The van der Waals surface area contributed by atoms with E-state index in [-0.39, 0.29) is 30.7 Å². The number of esters is 1. The Morgan fingerprint density at radius 3 is 2.29 bits per heavy atom. The summed E-state index contributed by atoms with van der Waals surface area (Å²) in [7, 11) is 1.30. The molecular weight excluding hydrogens is 434 g/mol. The van der Waals surface area contributed by atoms with Crippen LogP contribution in [0.3, 0.4) is 0 Å². The molecule has 1 atom stereocenters. The maximum atomic E-state index is 13.4. The van der Waals surface area contributed by atoms with E-state index in [1.165, 1.54) is 7.11 Å². The highest BCUT2D eigenvalue weighted by atomic mass is 16.5. The second-order valence-electron chi connectivity index (χ2n) is 8.02. The summed E-state index contributed by atoms with van der Waals surface area (Å²) in [5, 5.41) is 2.78. The molecule has 0 saturated carbocycles. The standard InChI is InChI=1S/C26H21N3O5/c1-34-26(33)16-10-12-17(13-11-16)27-22(30)14-15-28-23-18-6-2-3-7-19(18)25(32)29(23)21-9-5-4-8-20(21)24(28)31/h2-13,23H,14-15H2,1H3,(H,27,30). The lowest BCUT2D eigenvalue weighted by Crippen LogP contribution is -2.48. The third-order valence-corrected chi connectivity index (χ3v) is 6.05. The summed E-state index contributed by atoms with van der Waals surface area (Å²) in [6.45, 7) is 0.127. The molecule has 8 heteroatoms.